The topological polar surface area (TPSA) is 18.5 Å². The van der Waals surface area contributed by atoms with Gasteiger partial charge in [-0.15, -0.1) is 11.6 Å². The van der Waals surface area contributed by atoms with Crippen molar-refractivity contribution in [2.75, 3.05) is 14.2 Å². The third-order valence-electron chi connectivity index (χ3n) is 3.21. The van der Waals surface area contributed by atoms with E-state index in [0.29, 0.717) is 5.02 Å². The minimum absolute atomic E-state index is 0.324. The summed E-state index contributed by atoms with van der Waals surface area (Å²) in [5.41, 5.74) is 2.93. The molecule has 2 aromatic rings. The zero-order chi connectivity index (χ0) is 14.7. The summed E-state index contributed by atoms with van der Waals surface area (Å²) in [5, 5.41) is 0.312. The van der Waals surface area contributed by atoms with Crippen molar-refractivity contribution in [3.63, 3.8) is 0 Å². The second kappa shape index (κ2) is 6.38. The Bertz CT molecular complexity index is 611. The number of rotatable bonds is 4. The van der Waals surface area contributed by atoms with E-state index in [9.17, 15) is 0 Å². The van der Waals surface area contributed by atoms with Gasteiger partial charge < -0.3 is 9.47 Å². The fraction of sp³-hybridized carbons (Fsp3) is 0.250. The molecule has 0 aliphatic heterocycles. The maximum absolute atomic E-state index is 6.61. The molecule has 0 heterocycles. The first-order valence-electron chi connectivity index (χ1n) is 6.19. The molecule has 0 radical (unpaired) electrons. The number of hydrogen-bond acceptors (Lipinski definition) is 2. The molecule has 4 heteroatoms. The molecule has 0 spiro atoms. The number of aryl methyl sites for hydroxylation is 1. The molecule has 0 aliphatic carbocycles. The number of benzene rings is 2. The first kappa shape index (κ1) is 15.0. The lowest BCUT2D eigenvalue weighted by Gasteiger charge is -2.17. The van der Waals surface area contributed by atoms with Gasteiger partial charge in [0.2, 0.25) is 0 Å². The third-order valence-corrected chi connectivity index (χ3v) is 3.92. The molecular formula is C16H16Cl2O2. The molecule has 0 saturated carbocycles. The molecule has 0 N–H and O–H groups in total. The zero-order valence-corrected chi connectivity index (χ0v) is 13.1. The predicted octanol–water partition coefficient (Wildman–Crippen LogP) is 4.99. The van der Waals surface area contributed by atoms with E-state index in [0.717, 1.165) is 28.2 Å². The summed E-state index contributed by atoms with van der Waals surface area (Å²) in [6, 6.07) is 11.3. The van der Waals surface area contributed by atoms with Crippen molar-refractivity contribution in [2.24, 2.45) is 0 Å². The molecule has 0 saturated heterocycles. The van der Waals surface area contributed by atoms with Gasteiger partial charge in [-0.05, 0) is 48.4 Å². The Kier molecular flexibility index (Phi) is 4.79. The molecule has 2 aromatic carbocycles. The van der Waals surface area contributed by atoms with Crippen molar-refractivity contribution in [3.8, 4) is 11.5 Å². The van der Waals surface area contributed by atoms with E-state index in [-0.39, 0.29) is 5.38 Å². The van der Waals surface area contributed by atoms with Crippen molar-refractivity contribution in [3.05, 3.63) is 58.1 Å². The summed E-state index contributed by atoms with van der Waals surface area (Å²) in [5.74, 6) is 1.54. The van der Waals surface area contributed by atoms with Gasteiger partial charge in [0.1, 0.15) is 11.5 Å². The summed E-state index contributed by atoms with van der Waals surface area (Å²) < 4.78 is 10.6. The maximum atomic E-state index is 6.61. The van der Waals surface area contributed by atoms with Crippen LogP contribution < -0.4 is 9.47 Å². The van der Waals surface area contributed by atoms with E-state index in [1.54, 1.807) is 20.3 Å². The molecule has 1 atom stereocenters. The van der Waals surface area contributed by atoms with Crippen LogP contribution in [0.5, 0.6) is 11.5 Å². The molecule has 0 bridgehead atoms. The lowest BCUT2D eigenvalue weighted by Crippen LogP contribution is -2.00. The smallest absolute Gasteiger partial charge is 0.123 e. The standard InChI is InChI=1S/C16H16Cl2O2/c1-10-8-12(19-2)5-6-13(10)16(18)14-9-11(17)4-7-15(14)20-3/h4-9,16H,1-3H3. The van der Waals surface area contributed by atoms with Gasteiger partial charge >= 0.3 is 0 Å². The number of halogens is 2. The van der Waals surface area contributed by atoms with Crippen LogP contribution in [0, 0.1) is 6.92 Å². The molecule has 0 aromatic heterocycles. The van der Waals surface area contributed by atoms with Crippen molar-refractivity contribution in [2.45, 2.75) is 12.3 Å². The van der Waals surface area contributed by atoms with Crippen LogP contribution in [0.1, 0.15) is 22.1 Å². The van der Waals surface area contributed by atoms with E-state index in [1.165, 1.54) is 0 Å². The van der Waals surface area contributed by atoms with E-state index in [1.807, 2.05) is 37.3 Å². The van der Waals surface area contributed by atoms with Crippen LogP contribution in [0.3, 0.4) is 0 Å². The largest absolute Gasteiger partial charge is 0.497 e. The Balaban J connectivity index is 2.45. The summed E-state index contributed by atoms with van der Waals surface area (Å²) in [4.78, 5) is 0. The molecule has 1 unspecified atom stereocenters. The SMILES string of the molecule is COc1ccc(C(Cl)c2cc(Cl)ccc2OC)c(C)c1. The Morgan fingerprint density at radius 3 is 2.30 bits per heavy atom. The molecular weight excluding hydrogens is 295 g/mol. The van der Waals surface area contributed by atoms with E-state index in [4.69, 9.17) is 32.7 Å². The van der Waals surface area contributed by atoms with E-state index >= 15 is 0 Å². The van der Waals surface area contributed by atoms with Crippen LogP contribution in [-0.2, 0) is 0 Å². The Morgan fingerprint density at radius 2 is 1.70 bits per heavy atom. The Morgan fingerprint density at radius 1 is 0.950 bits per heavy atom. The van der Waals surface area contributed by atoms with Gasteiger partial charge in [-0.25, -0.2) is 0 Å². The fourth-order valence-electron chi connectivity index (χ4n) is 2.13. The zero-order valence-electron chi connectivity index (χ0n) is 11.6. The molecule has 20 heavy (non-hydrogen) atoms. The van der Waals surface area contributed by atoms with Crippen LogP contribution >= 0.6 is 23.2 Å². The minimum atomic E-state index is -0.324. The third kappa shape index (κ3) is 3.02. The second-order valence-electron chi connectivity index (χ2n) is 4.47. The summed E-state index contributed by atoms with van der Waals surface area (Å²) >= 11 is 12.7. The van der Waals surface area contributed by atoms with E-state index in [2.05, 4.69) is 0 Å². The van der Waals surface area contributed by atoms with Crippen molar-refractivity contribution >= 4 is 23.2 Å². The lowest BCUT2D eigenvalue weighted by atomic mass is 9.99. The number of alkyl halides is 1. The first-order chi connectivity index (χ1) is 9.56. The predicted molar refractivity (Wildman–Crippen MR) is 83.4 cm³/mol. The highest BCUT2D eigenvalue weighted by Gasteiger charge is 2.18. The van der Waals surface area contributed by atoms with Gasteiger partial charge in [-0.3, -0.25) is 0 Å². The van der Waals surface area contributed by atoms with Crippen LogP contribution in [0.25, 0.3) is 0 Å². The molecule has 0 aliphatic rings. The second-order valence-corrected chi connectivity index (χ2v) is 5.34. The van der Waals surface area contributed by atoms with Gasteiger partial charge in [0.15, 0.2) is 0 Å². The summed E-state index contributed by atoms with van der Waals surface area (Å²) in [6.07, 6.45) is 0. The van der Waals surface area contributed by atoms with Gasteiger partial charge in [-0.2, -0.15) is 0 Å². The highest BCUT2D eigenvalue weighted by Crippen LogP contribution is 2.38. The van der Waals surface area contributed by atoms with Gasteiger partial charge in [0, 0.05) is 10.6 Å². The van der Waals surface area contributed by atoms with Crippen LogP contribution in [0.4, 0.5) is 0 Å². The summed E-state index contributed by atoms with van der Waals surface area (Å²) in [7, 11) is 3.27. The Labute approximate surface area is 129 Å². The molecule has 2 rings (SSSR count). The first-order valence-corrected chi connectivity index (χ1v) is 7.00. The maximum Gasteiger partial charge on any atom is 0.123 e. The minimum Gasteiger partial charge on any atom is -0.497 e. The van der Waals surface area contributed by atoms with Crippen molar-refractivity contribution in [1.29, 1.82) is 0 Å². The summed E-state index contributed by atoms with van der Waals surface area (Å²) in [6.45, 7) is 2.00. The average Bonchev–Trinajstić information content (AvgIpc) is 2.46. The van der Waals surface area contributed by atoms with Gasteiger partial charge in [0.05, 0.1) is 19.6 Å². The van der Waals surface area contributed by atoms with E-state index < -0.39 is 0 Å². The van der Waals surface area contributed by atoms with Gasteiger partial charge in [0.25, 0.3) is 0 Å². The molecule has 106 valence electrons. The molecule has 0 fully saturated rings. The van der Waals surface area contributed by atoms with Gasteiger partial charge in [-0.1, -0.05) is 17.7 Å². The molecule has 0 amide bonds. The number of ether oxygens (including phenoxy) is 2. The Hall–Kier alpha value is -1.38. The highest BCUT2D eigenvalue weighted by molar-refractivity contribution is 6.31. The monoisotopic (exact) mass is 310 g/mol. The number of hydrogen-bond donors (Lipinski definition) is 0. The fourth-order valence-corrected chi connectivity index (χ4v) is 2.73. The normalized spacial score (nSPS) is 12.1. The van der Waals surface area contributed by atoms with Crippen molar-refractivity contribution < 1.29 is 9.47 Å². The quantitative estimate of drug-likeness (QED) is 0.740. The average molecular weight is 311 g/mol. The van der Waals surface area contributed by atoms with Crippen molar-refractivity contribution in [1.82, 2.24) is 0 Å². The lowest BCUT2D eigenvalue weighted by molar-refractivity contribution is 0.410. The number of methoxy groups -OCH3 is 2. The van der Waals surface area contributed by atoms with Crippen LogP contribution in [0.15, 0.2) is 36.4 Å². The highest BCUT2D eigenvalue weighted by atomic mass is 35.5. The van der Waals surface area contributed by atoms with Crippen LogP contribution in [-0.4, -0.2) is 14.2 Å². The van der Waals surface area contributed by atoms with Crippen LogP contribution in [0.2, 0.25) is 5.02 Å². The molecule has 2 nitrogen and oxygen atoms in total.